The third-order valence-corrected chi connectivity index (χ3v) is 2.90. The highest BCUT2D eigenvalue weighted by atomic mass is 16.5. The molecule has 0 unspecified atom stereocenters. The Labute approximate surface area is 132 Å². The summed E-state index contributed by atoms with van der Waals surface area (Å²) in [5.41, 5.74) is 0.333. The summed E-state index contributed by atoms with van der Waals surface area (Å²) in [4.78, 5) is 23.7. The number of hydrogen-bond donors (Lipinski definition) is 1. The number of amides is 1. The van der Waals surface area contributed by atoms with Crippen molar-refractivity contribution in [1.82, 2.24) is 9.99 Å². The van der Waals surface area contributed by atoms with Crippen LogP contribution in [0.4, 0.5) is 0 Å². The molecular formula is C15H16N4O4. The quantitative estimate of drug-likeness (QED) is 0.352. The molecule has 120 valence electrons. The Bertz CT molecular complexity index is 737. The molecule has 0 aliphatic rings. The maximum atomic E-state index is 11.9. The molecule has 0 bridgehead atoms. The second-order valence-corrected chi connectivity index (χ2v) is 4.52. The van der Waals surface area contributed by atoms with Crippen molar-refractivity contribution in [3.8, 4) is 0 Å². The van der Waals surface area contributed by atoms with Gasteiger partial charge in [-0.1, -0.05) is 28.0 Å². The van der Waals surface area contributed by atoms with Gasteiger partial charge in [-0.15, -0.1) is 0 Å². The average molecular weight is 316 g/mol. The van der Waals surface area contributed by atoms with Gasteiger partial charge in [0.1, 0.15) is 12.2 Å². The van der Waals surface area contributed by atoms with Gasteiger partial charge in [-0.25, -0.2) is 9.36 Å². The molecule has 1 aromatic heterocycles. The molecule has 0 aliphatic heterocycles. The summed E-state index contributed by atoms with van der Waals surface area (Å²) in [7, 11) is 1.62. The number of carbonyl (C=O) groups excluding carboxylic acids is 2. The summed E-state index contributed by atoms with van der Waals surface area (Å²) in [6.45, 7) is 1.87. The average Bonchev–Trinajstić information content (AvgIpc) is 2.88. The lowest BCUT2D eigenvalue weighted by Gasteiger charge is -2.10. The van der Waals surface area contributed by atoms with Crippen LogP contribution in [0.2, 0.25) is 0 Å². The van der Waals surface area contributed by atoms with E-state index in [4.69, 9.17) is 4.74 Å². The molecule has 2 aromatic rings. The number of aromatic nitrogens is 2. The molecule has 0 radical (unpaired) electrons. The van der Waals surface area contributed by atoms with E-state index in [9.17, 15) is 14.7 Å². The molecule has 1 N–H and O–H groups in total. The molecule has 0 spiro atoms. The van der Waals surface area contributed by atoms with E-state index in [-0.39, 0.29) is 12.4 Å². The number of carbonyl (C=O) groups is 2. The zero-order valence-corrected chi connectivity index (χ0v) is 12.7. The number of benzene rings is 1. The van der Waals surface area contributed by atoms with Crippen LogP contribution in [-0.4, -0.2) is 29.2 Å². The van der Waals surface area contributed by atoms with E-state index < -0.39 is 17.9 Å². The van der Waals surface area contributed by atoms with Crippen LogP contribution in [0.25, 0.3) is 0 Å². The lowest BCUT2D eigenvalue weighted by atomic mass is 10.2. The van der Waals surface area contributed by atoms with Gasteiger partial charge in [0.05, 0.1) is 13.7 Å². The number of ether oxygens (including phenoxy) is 1. The Hall–Kier alpha value is -3.16. The molecular weight excluding hydrogens is 300 g/mol. The van der Waals surface area contributed by atoms with Crippen LogP contribution in [0.1, 0.15) is 27.9 Å². The Balaban J connectivity index is 2.18. The Morgan fingerprint density at radius 2 is 2.04 bits per heavy atom. The largest absolute Gasteiger partial charge is 0.843 e. The van der Waals surface area contributed by atoms with Crippen molar-refractivity contribution in [2.24, 2.45) is 12.1 Å². The fourth-order valence-corrected chi connectivity index (χ4v) is 1.86. The zero-order valence-electron chi connectivity index (χ0n) is 12.7. The van der Waals surface area contributed by atoms with Gasteiger partial charge in [-0.3, -0.25) is 4.79 Å². The highest BCUT2D eigenvalue weighted by Gasteiger charge is 2.25. The normalized spacial score (nSPS) is 11.1. The van der Waals surface area contributed by atoms with E-state index in [0.29, 0.717) is 5.56 Å². The van der Waals surface area contributed by atoms with Gasteiger partial charge in [-0.2, -0.15) is 0 Å². The lowest BCUT2D eigenvalue weighted by molar-refractivity contribution is -0.673. The fraction of sp³-hybridized carbons (Fsp3) is 0.200. The SMILES string of the molecule is CCOC(=O)c1n(/N=C(\[O-])NC(=O)c2ccccc2)cc[n+]1C. The van der Waals surface area contributed by atoms with Crippen molar-refractivity contribution >= 4 is 17.9 Å². The van der Waals surface area contributed by atoms with Crippen LogP contribution in [0.15, 0.2) is 47.8 Å². The van der Waals surface area contributed by atoms with Crippen LogP contribution in [0.5, 0.6) is 0 Å². The first-order chi connectivity index (χ1) is 11.0. The fourth-order valence-electron chi connectivity index (χ4n) is 1.86. The number of esters is 1. The minimum absolute atomic E-state index is 0.0640. The number of nitrogens with one attached hydrogen (secondary N) is 1. The Morgan fingerprint density at radius 3 is 2.70 bits per heavy atom. The molecule has 2 rings (SSSR count). The maximum Gasteiger partial charge on any atom is 0.424 e. The molecule has 0 saturated carbocycles. The van der Waals surface area contributed by atoms with Gasteiger partial charge in [0, 0.05) is 5.56 Å². The van der Waals surface area contributed by atoms with Gasteiger partial charge in [0.2, 0.25) is 0 Å². The molecule has 0 fully saturated rings. The van der Waals surface area contributed by atoms with Gasteiger partial charge < -0.3 is 15.2 Å². The van der Waals surface area contributed by atoms with E-state index in [1.807, 2.05) is 0 Å². The monoisotopic (exact) mass is 316 g/mol. The Morgan fingerprint density at radius 1 is 1.35 bits per heavy atom. The second kappa shape index (κ2) is 7.21. The second-order valence-electron chi connectivity index (χ2n) is 4.52. The van der Waals surface area contributed by atoms with Crippen LogP contribution in [-0.2, 0) is 11.8 Å². The van der Waals surface area contributed by atoms with Gasteiger partial charge >= 0.3 is 11.8 Å². The van der Waals surface area contributed by atoms with Gasteiger partial charge in [0.25, 0.3) is 5.91 Å². The summed E-state index contributed by atoms with van der Waals surface area (Å²) >= 11 is 0. The summed E-state index contributed by atoms with van der Waals surface area (Å²) in [5.74, 6) is -1.13. The maximum absolute atomic E-state index is 11.9. The summed E-state index contributed by atoms with van der Waals surface area (Å²) in [6.07, 6.45) is 2.96. The summed E-state index contributed by atoms with van der Waals surface area (Å²) in [6, 6.07) is 7.38. The number of hydrogen-bond acceptors (Lipinski definition) is 5. The van der Waals surface area contributed by atoms with E-state index in [1.165, 1.54) is 10.8 Å². The van der Waals surface area contributed by atoms with Crippen LogP contribution in [0.3, 0.4) is 0 Å². The highest BCUT2D eigenvalue weighted by molar-refractivity contribution is 6.03. The van der Waals surface area contributed by atoms with Crippen molar-refractivity contribution < 1.29 is 24.0 Å². The summed E-state index contributed by atoms with van der Waals surface area (Å²) in [5, 5.41) is 17.7. The number of aryl methyl sites for hydroxylation is 1. The first kappa shape index (κ1) is 16.2. The van der Waals surface area contributed by atoms with Crippen molar-refractivity contribution in [2.45, 2.75) is 6.92 Å². The van der Waals surface area contributed by atoms with Crippen molar-refractivity contribution in [1.29, 1.82) is 0 Å². The topological polar surface area (TPSA) is 99.6 Å². The predicted octanol–water partition coefficient (Wildman–Crippen LogP) is -0.601. The summed E-state index contributed by atoms with van der Waals surface area (Å²) < 4.78 is 7.43. The number of rotatable bonds is 4. The third-order valence-electron chi connectivity index (χ3n) is 2.90. The molecule has 0 saturated heterocycles. The minimum atomic E-state index is -0.888. The molecule has 1 aromatic carbocycles. The van der Waals surface area contributed by atoms with Crippen LogP contribution >= 0.6 is 0 Å². The number of nitrogens with zero attached hydrogens (tertiary/aromatic N) is 3. The first-order valence-electron chi connectivity index (χ1n) is 6.89. The van der Waals surface area contributed by atoms with Crippen LogP contribution in [0, 0.1) is 0 Å². The predicted molar refractivity (Wildman–Crippen MR) is 78.3 cm³/mol. The zero-order chi connectivity index (χ0) is 16.8. The highest BCUT2D eigenvalue weighted by Crippen LogP contribution is 1.99. The molecule has 23 heavy (non-hydrogen) atoms. The molecule has 0 aliphatic carbocycles. The molecule has 8 nitrogen and oxygen atoms in total. The van der Waals surface area contributed by atoms with E-state index in [2.05, 4.69) is 10.4 Å². The minimum Gasteiger partial charge on any atom is -0.843 e. The Kier molecular flexibility index (Phi) is 5.08. The number of imidazole rings is 1. The standard InChI is InChI=1S/C15H16N4O4/c1-3-23-14(21)13-18(2)9-10-19(13)17-15(22)16-12(20)11-7-5-4-6-8-11/h4-10H,3H2,1-2H3,(H-,16,17,20,21,22). The molecule has 0 atom stereocenters. The van der Waals surface area contributed by atoms with Crippen molar-refractivity contribution in [3.05, 3.63) is 54.1 Å². The molecule has 1 amide bonds. The van der Waals surface area contributed by atoms with E-state index >= 15 is 0 Å². The van der Waals surface area contributed by atoms with Gasteiger partial charge in [0.15, 0.2) is 6.20 Å². The van der Waals surface area contributed by atoms with Crippen molar-refractivity contribution in [2.75, 3.05) is 6.61 Å². The van der Waals surface area contributed by atoms with Gasteiger partial charge in [-0.05, 0) is 19.1 Å². The third kappa shape index (κ3) is 3.94. The van der Waals surface area contributed by atoms with E-state index in [1.54, 1.807) is 50.5 Å². The number of amidine groups is 1. The molecule has 8 heteroatoms. The lowest BCUT2D eigenvalue weighted by Crippen LogP contribution is -2.41. The van der Waals surface area contributed by atoms with Crippen LogP contribution < -0.4 is 15.0 Å². The van der Waals surface area contributed by atoms with E-state index in [0.717, 1.165) is 4.68 Å². The van der Waals surface area contributed by atoms with Crippen molar-refractivity contribution in [3.63, 3.8) is 0 Å². The smallest absolute Gasteiger partial charge is 0.424 e. The first-order valence-corrected chi connectivity index (χ1v) is 6.89. The molecule has 1 heterocycles.